The van der Waals surface area contributed by atoms with Gasteiger partial charge in [0, 0.05) is 30.1 Å². The first-order valence-corrected chi connectivity index (χ1v) is 7.53. The Morgan fingerprint density at radius 1 is 1.43 bits per heavy atom. The molecule has 0 bridgehead atoms. The second-order valence-corrected chi connectivity index (χ2v) is 6.72. The average molecular weight is 422 g/mol. The van der Waals surface area contributed by atoms with Crippen LogP contribution in [-0.4, -0.2) is 25.6 Å². The molecule has 1 aliphatic rings. The lowest BCUT2D eigenvalue weighted by atomic mass is 9.84. The molecule has 0 spiro atoms. The van der Waals surface area contributed by atoms with E-state index in [0.717, 1.165) is 23.4 Å². The van der Waals surface area contributed by atoms with Crippen LogP contribution in [0, 0.1) is 5.92 Å². The van der Waals surface area contributed by atoms with Crippen LogP contribution in [-0.2, 0) is 5.41 Å². The molecule has 0 aliphatic heterocycles. The Kier molecular flexibility index (Phi) is 6.78. The molecule has 1 aromatic rings. The Bertz CT molecular complexity index is 502. The molecule has 0 amide bonds. The van der Waals surface area contributed by atoms with Gasteiger partial charge in [-0.3, -0.25) is 4.99 Å². The molecular formula is C16H25ClIN3. The number of guanidine groups is 1. The number of aliphatic imine (C=N–C) groups is 1. The van der Waals surface area contributed by atoms with E-state index < -0.39 is 0 Å². The Balaban J connectivity index is 0.00000220. The third-order valence-electron chi connectivity index (χ3n) is 3.96. The fourth-order valence-electron chi connectivity index (χ4n) is 2.21. The molecular weight excluding hydrogens is 397 g/mol. The summed E-state index contributed by atoms with van der Waals surface area (Å²) in [6, 6.07) is 8.63. The summed E-state index contributed by atoms with van der Waals surface area (Å²) in [5, 5.41) is 7.64. The van der Waals surface area contributed by atoms with Gasteiger partial charge in [-0.05, 0) is 30.0 Å². The maximum atomic E-state index is 6.08. The molecule has 3 nitrogen and oxygen atoms in total. The summed E-state index contributed by atoms with van der Waals surface area (Å²) in [6.07, 6.45) is 1.23. The number of rotatable bonds is 4. The lowest BCUT2D eigenvalue weighted by molar-refractivity contribution is 0.508. The first-order valence-electron chi connectivity index (χ1n) is 7.15. The molecule has 2 unspecified atom stereocenters. The third-order valence-corrected chi connectivity index (χ3v) is 4.19. The summed E-state index contributed by atoms with van der Waals surface area (Å²) in [4.78, 5) is 4.29. The topological polar surface area (TPSA) is 36.4 Å². The van der Waals surface area contributed by atoms with Crippen molar-refractivity contribution in [2.45, 2.75) is 38.6 Å². The summed E-state index contributed by atoms with van der Waals surface area (Å²) in [5.74, 6) is 1.64. The standard InChI is InChI=1S/C16H24ClN3.HI/c1-11-8-14(11)20-15(18-4)19-10-16(2,3)12-6-5-7-13(17)9-12;/h5-7,9,11,14H,8,10H2,1-4H3,(H2,18,19,20);1H. The third kappa shape index (κ3) is 5.33. The predicted molar refractivity (Wildman–Crippen MR) is 102 cm³/mol. The minimum Gasteiger partial charge on any atom is -0.356 e. The number of halogens is 2. The first kappa shape index (κ1) is 18.6. The summed E-state index contributed by atoms with van der Waals surface area (Å²) in [7, 11) is 1.81. The van der Waals surface area contributed by atoms with E-state index in [9.17, 15) is 0 Å². The number of benzene rings is 1. The molecule has 2 rings (SSSR count). The Hall–Kier alpha value is -0.490. The van der Waals surface area contributed by atoms with Crippen molar-refractivity contribution < 1.29 is 0 Å². The van der Waals surface area contributed by atoms with Crippen LogP contribution in [0.1, 0.15) is 32.8 Å². The molecule has 0 aromatic heterocycles. The van der Waals surface area contributed by atoms with Gasteiger partial charge in [0.15, 0.2) is 5.96 Å². The van der Waals surface area contributed by atoms with Crippen molar-refractivity contribution in [2.24, 2.45) is 10.9 Å². The molecule has 21 heavy (non-hydrogen) atoms. The Labute approximate surface area is 150 Å². The van der Waals surface area contributed by atoms with Gasteiger partial charge in [0.05, 0.1) is 0 Å². The molecule has 0 heterocycles. The van der Waals surface area contributed by atoms with E-state index in [2.05, 4.69) is 42.5 Å². The van der Waals surface area contributed by atoms with Gasteiger partial charge >= 0.3 is 0 Å². The fraction of sp³-hybridized carbons (Fsp3) is 0.562. The van der Waals surface area contributed by atoms with Crippen molar-refractivity contribution >= 4 is 41.5 Å². The summed E-state index contributed by atoms with van der Waals surface area (Å²) >= 11 is 6.08. The predicted octanol–water partition coefficient (Wildman–Crippen LogP) is 3.81. The van der Waals surface area contributed by atoms with Crippen LogP contribution in [0.5, 0.6) is 0 Å². The molecule has 2 N–H and O–H groups in total. The highest BCUT2D eigenvalue weighted by atomic mass is 127. The summed E-state index contributed by atoms with van der Waals surface area (Å²) in [5.41, 5.74) is 1.23. The van der Waals surface area contributed by atoms with Crippen molar-refractivity contribution in [3.05, 3.63) is 34.9 Å². The van der Waals surface area contributed by atoms with Crippen LogP contribution in [0.4, 0.5) is 0 Å². The normalized spacial score (nSPS) is 21.5. The van der Waals surface area contributed by atoms with Crippen molar-refractivity contribution in [3.63, 3.8) is 0 Å². The number of nitrogens with one attached hydrogen (secondary N) is 2. The Morgan fingerprint density at radius 3 is 2.62 bits per heavy atom. The van der Waals surface area contributed by atoms with Crippen LogP contribution in [0.15, 0.2) is 29.3 Å². The van der Waals surface area contributed by atoms with Gasteiger partial charge in [0.2, 0.25) is 0 Å². The van der Waals surface area contributed by atoms with Crippen molar-refractivity contribution in [1.82, 2.24) is 10.6 Å². The second-order valence-electron chi connectivity index (χ2n) is 6.28. The van der Waals surface area contributed by atoms with Crippen molar-refractivity contribution in [1.29, 1.82) is 0 Å². The SMILES string of the molecule is CN=C(NCC(C)(C)c1cccc(Cl)c1)NC1CC1C.I. The van der Waals surface area contributed by atoms with Crippen LogP contribution in [0.2, 0.25) is 5.02 Å². The molecule has 118 valence electrons. The highest BCUT2D eigenvalue weighted by Crippen LogP contribution is 2.29. The van der Waals surface area contributed by atoms with E-state index in [4.69, 9.17) is 11.6 Å². The van der Waals surface area contributed by atoms with Gasteiger partial charge in [-0.1, -0.05) is 44.5 Å². The minimum atomic E-state index is -0.00229. The van der Waals surface area contributed by atoms with E-state index in [0.29, 0.717) is 6.04 Å². The molecule has 5 heteroatoms. The van der Waals surface area contributed by atoms with Crippen LogP contribution in [0.3, 0.4) is 0 Å². The first-order chi connectivity index (χ1) is 9.42. The maximum absolute atomic E-state index is 6.08. The fourth-order valence-corrected chi connectivity index (χ4v) is 2.40. The Morgan fingerprint density at radius 2 is 2.10 bits per heavy atom. The van der Waals surface area contributed by atoms with Gasteiger partial charge < -0.3 is 10.6 Å². The summed E-state index contributed by atoms with van der Waals surface area (Å²) < 4.78 is 0. The monoisotopic (exact) mass is 421 g/mol. The molecule has 0 radical (unpaired) electrons. The highest BCUT2D eigenvalue weighted by Gasteiger charge is 2.33. The second kappa shape index (κ2) is 7.68. The zero-order valence-electron chi connectivity index (χ0n) is 13.1. The van der Waals surface area contributed by atoms with Gasteiger partial charge in [-0.2, -0.15) is 0 Å². The molecule has 1 fully saturated rings. The van der Waals surface area contributed by atoms with E-state index in [1.165, 1.54) is 12.0 Å². The quantitative estimate of drug-likeness (QED) is 0.441. The van der Waals surface area contributed by atoms with Gasteiger partial charge in [-0.25, -0.2) is 0 Å². The van der Waals surface area contributed by atoms with E-state index in [1.54, 1.807) is 0 Å². The maximum Gasteiger partial charge on any atom is 0.191 e. The average Bonchev–Trinajstić information content (AvgIpc) is 3.10. The van der Waals surface area contributed by atoms with Crippen molar-refractivity contribution in [2.75, 3.05) is 13.6 Å². The number of nitrogens with zero attached hydrogens (tertiary/aromatic N) is 1. The molecule has 2 atom stereocenters. The van der Waals surface area contributed by atoms with Crippen LogP contribution < -0.4 is 10.6 Å². The zero-order valence-corrected chi connectivity index (χ0v) is 16.2. The van der Waals surface area contributed by atoms with Gasteiger partial charge in [-0.15, -0.1) is 24.0 Å². The van der Waals surface area contributed by atoms with Crippen molar-refractivity contribution in [3.8, 4) is 0 Å². The summed E-state index contributed by atoms with van der Waals surface area (Å²) in [6.45, 7) is 7.48. The smallest absolute Gasteiger partial charge is 0.191 e. The highest BCUT2D eigenvalue weighted by molar-refractivity contribution is 14.0. The van der Waals surface area contributed by atoms with E-state index in [-0.39, 0.29) is 29.4 Å². The number of hydrogen-bond donors (Lipinski definition) is 2. The van der Waals surface area contributed by atoms with Gasteiger partial charge in [0.25, 0.3) is 0 Å². The minimum absolute atomic E-state index is 0. The largest absolute Gasteiger partial charge is 0.356 e. The van der Waals surface area contributed by atoms with Crippen LogP contribution >= 0.6 is 35.6 Å². The lowest BCUT2D eigenvalue weighted by Crippen LogP contribution is -2.44. The molecule has 1 aliphatic carbocycles. The van der Waals surface area contributed by atoms with E-state index in [1.807, 2.05) is 25.2 Å². The zero-order chi connectivity index (χ0) is 14.8. The molecule has 1 aromatic carbocycles. The number of hydrogen-bond acceptors (Lipinski definition) is 1. The molecule has 1 saturated carbocycles. The van der Waals surface area contributed by atoms with E-state index >= 15 is 0 Å². The van der Waals surface area contributed by atoms with Gasteiger partial charge in [0.1, 0.15) is 0 Å². The molecule has 0 saturated heterocycles. The lowest BCUT2D eigenvalue weighted by Gasteiger charge is -2.27. The van der Waals surface area contributed by atoms with Crippen LogP contribution in [0.25, 0.3) is 0 Å².